The van der Waals surface area contributed by atoms with Crippen molar-refractivity contribution in [3.63, 3.8) is 0 Å². The SMILES string of the molecule is CCOC(=O)C1CCCN(C(=O)c2ccc(NC(=O)Cc3ccc(S(=O)(=O)CC4CC4)cc3)cc2)C1. The molecule has 1 N–H and O–H groups in total. The van der Waals surface area contributed by atoms with Gasteiger partial charge in [-0.25, -0.2) is 8.42 Å². The van der Waals surface area contributed by atoms with Crippen molar-refractivity contribution < 1.29 is 27.5 Å². The van der Waals surface area contributed by atoms with Crippen LogP contribution in [0.25, 0.3) is 0 Å². The van der Waals surface area contributed by atoms with Crippen LogP contribution in [0.3, 0.4) is 0 Å². The lowest BCUT2D eigenvalue weighted by Crippen LogP contribution is -2.42. The molecule has 192 valence electrons. The van der Waals surface area contributed by atoms with E-state index in [4.69, 9.17) is 4.74 Å². The molecule has 9 heteroatoms. The summed E-state index contributed by atoms with van der Waals surface area (Å²) in [5.74, 6) is -0.482. The molecule has 8 nitrogen and oxygen atoms in total. The zero-order valence-corrected chi connectivity index (χ0v) is 21.3. The van der Waals surface area contributed by atoms with Crippen LogP contribution in [0.1, 0.15) is 48.5 Å². The number of benzene rings is 2. The van der Waals surface area contributed by atoms with Crippen LogP contribution in [0.5, 0.6) is 0 Å². The summed E-state index contributed by atoms with van der Waals surface area (Å²) in [7, 11) is -3.27. The molecular weight excluding hydrogens is 480 g/mol. The number of likely N-dealkylation sites (tertiary alicyclic amines) is 1. The fraction of sp³-hybridized carbons (Fsp3) is 0.444. The zero-order chi connectivity index (χ0) is 25.7. The first-order chi connectivity index (χ1) is 17.2. The van der Waals surface area contributed by atoms with Gasteiger partial charge in [0.1, 0.15) is 0 Å². The Morgan fingerprint density at radius 2 is 1.69 bits per heavy atom. The van der Waals surface area contributed by atoms with Crippen LogP contribution >= 0.6 is 0 Å². The Balaban J connectivity index is 1.30. The highest BCUT2D eigenvalue weighted by Crippen LogP contribution is 2.32. The van der Waals surface area contributed by atoms with Crippen LogP contribution in [-0.4, -0.2) is 56.6 Å². The largest absolute Gasteiger partial charge is 0.466 e. The van der Waals surface area contributed by atoms with Crippen molar-refractivity contribution in [1.82, 2.24) is 4.90 Å². The molecular formula is C27H32N2O6S. The van der Waals surface area contributed by atoms with Crippen molar-refractivity contribution in [3.05, 3.63) is 59.7 Å². The van der Waals surface area contributed by atoms with Gasteiger partial charge < -0.3 is 15.0 Å². The molecule has 0 radical (unpaired) electrons. The molecule has 2 fully saturated rings. The molecule has 2 amide bonds. The average Bonchev–Trinajstić information content (AvgIpc) is 3.68. The van der Waals surface area contributed by atoms with Crippen LogP contribution in [0.2, 0.25) is 0 Å². The molecule has 2 aromatic rings. The number of sulfone groups is 1. The zero-order valence-electron chi connectivity index (χ0n) is 20.4. The summed E-state index contributed by atoms with van der Waals surface area (Å²) in [5, 5.41) is 2.81. The third kappa shape index (κ3) is 6.72. The van der Waals surface area contributed by atoms with Crippen molar-refractivity contribution in [3.8, 4) is 0 Å². The van der Waals surface area contributed by atoms with Crippen molar-refractivity contribution in [1.29, 1.82) is 0 Å². The van der Waals surface area contributed by atoms with Crippen LogP contribution in [-0.2, 0) is 30.6 Å². The van der Waals surface area contributed by atoms with Gasteiger partial charge in [0.05, 0.1) is 29.6 Å². The van der Waals surface area contributed by atoms with Gasteiger partial charge >= 0.3 is 5.97 Å². The number of hydrogen-bond donors (Lipinski definition) is 1. The first-order valence-corrected chi connectivity index (χ1v) is 14.1. The van der Waals surface area contributed by atoms with Gasteiger partial charge in [-0.15, -0.1) is 0 Å². The second-order valence-electron chi connectivity index (χ2n) is 9.51. The van der Waals surface area contributed by atoms with Gasteiger partial charge in [-0.2, -0.15) is 0 Å². The van der Waals surface area contributed by atoms with Gasteiger partial charge in [-0.1, -0.05) is 12.1 Å². The fourth-order valence-electron chi connectivity index (χ4n) is 4.39. The van der Waals surface area contributed by atoms with Crippen LogP contribution in [0.15, 0.2) is 53.4 Å². The maximum atomic E-state index is 12.9. The highest BCUT2D eigenvalue weighted by atomic mass is 32.2. The standard InChI is InChI=1S/C27H32N2O6S/c1-2-35-27(32)22-4-3-15-29(17-22)26(31)21-9-11-23(12-10-21)28-25(30)16-19-7-13-24(14-8-19)36(33,34)18-20-5-6-20/h7-14,20,22H,2-6,15-18H2,1H3,(H,28,30). The fourth-order valence-corrected chi connectivity index (χ4v) is 6.09. The van der Waals surface area contributed by atoms with E-state index >= 15 is 0 Å². The van der Waals surface area contributed by atoms with E-state index in [1.807, 2.05) is 0 Å². The van der Waals surface area contributed by atoms with E-state index in [2.05, 4.69) is 5.32 Å². The lowest BCUT2D eigenvalue weighted by atomic mass is 9.97. The molecule has 0 bridgehead atoms. The minimum Gasteiger partial charge on any atom is -0.466 e. The Morgan fingerprint density at radius 1 is 1.00 bits per heavy atom. The minimum atomic E-state index is -3.27. The van der Waals surface area contributed by atoms with E-state index < -0.39 is 9.84 Å². The van der Waals surface area contributed by atoms with E-state index in [9.17, 15) is 22.8 Å². The molecule has 1 aliphatic carbocycles. The molecule has 1 saturated carbocycles. The third-order valence-electron chi connectivity index (χ3n) is 6.54. The molecule has 0 aromatic heterocycles. The normalized spacial score (nSPS) is 17.9. The van der Waals surface area contributed by atoms with Gasteiger partial charge in [-0.3, -0.25) is 14.4 Å². The van der Waals surface area contributed by atoms with Crippen molar-refractivity contribution in [2.24, 2.45) is 11.8 Å². The van der Waals surface area contributed by atoms with Crippen molar-refractivity contribution in [2.75, 3.05) is 30.8 Å². The summed E-state index contributed by atoms with van der Waals surface area (Å²) >= 11 is 0. The summed E-state index contributed by atoms with van der Waals surface area (Å²) in [6, 6.07) is 13.1. The van der Waals surface area contributed by atoms with Gasteiger partial charge in [-0.05, 0) is 80.5 Å². The topological polar surface area (TPSA) is 110 Å². The Labute approximate surface area is 211 Å². The third-order valence-corrected chi connectivity index (χ3v) is 8.44. The van der Waals surface area contributed by atoms with Crippen LogP contribution < -0.4 is 5.32 Å². The molecule has 0 spiro atoms. The summed E-state index contributed by atoms with van der Waals surface area (Å²) in [6.45, 7) is 3.03. The van der Waals surface area contributed by atoms with Crippen LogP contribution in [0.4, 0.5) is 5.69 Å². The number of nitrogens with zero attached hydrogens (tertiary/aromatic N) is 1. The van der Waals surface area contributed by atoms with Crippen molar-refractivity contribution in [2.45, 2.75) is 43.9 Å². The molecule has 1 aliphatic heterocycles. The number of ether oxygens (including phenoxy) is 1. The Morgan fingerprint density at radius 3 is 2.33 bits per heavy atom. The number of hydrogen-bond acceptors (Lipinski definition) is 6. The number of rotatable bonds is 9. The molecule has 1 saturated heterocycles. The smallest absolute Gasteiger partial charge is 0.310 e. The maximum absolute atomic E-state index is 12.9. The van der Waals surface area contributed by atoms with E-state index in [1.54, 1.807) is 60.4 Å². The average molecular weight is 513 g/mol. The maximum Gasteiger partial charge on any atom is 0.310 e. The van der Waals surface area contributed by atoms with E-state index in [0.29, 0.717) is 47.8 Å². The number of carbonyl (C=O) groups excluding carboxylic acids is 3. The van der Waals surface area contributed by atoms with Gasteiger partial charge in [0.25, 0.3) is 5.91 Å². The predicted octanol–water partition coefficient (Wildman–Crippen LogP) is 3.47. The molecule has 2 aliphatic rings. The molecule has 4 rings (SSSR count). The monoisotopic (exact) mass is 512 g/mol. The Kier molecular flexibility index (Phi) is 8.08. The first-order valence-electron chi connectivity index (χ1n) is 12.4. The van der Waals surface area contributed by atoms with Crippen molar-refractivity contribution >= 4 is 33.3 Å². The predicted molar refractivity (Wildman–Crippen MR) is 135 cm³/mol. The highest BCUT2D eigenvalue weighted by Gasteiger charge is 2.30. The van der Waals surface area contributed by atoms with Gasteiger partial charge in [0.15, 0.2) is 9.84 Å². The number of amides is 2. The Bertz CT molecular complexity index is 1200. The summed E-state index contributed by atoms with van der Waals surface area (Å²) in [4.78, 5) is 39.4. The summed E-state index contributed by atoms with van der Waals surface area (Å²) < 4.78 is 29.9. The number of esters is 1. The van der Waals surface area contributed by atoms with E-state index in [1.165, 1.54) is 0 Å². The first kappa shape index (κ1) is 25.9. The summed E-state index contributed by atoms with van der Waals surface area (Å²) in [6.07, 6.45) is 3.51. The molecule has 1 atom stereocenters. The number of anilines is 1. The number of nitrogens with one attached hydrogen (secondary N) is 1. The van der Waals surface area contributed by atoms with E-state index in [-0.39, 0.29) is 41.8 Å². The molecule has 1 heterocycles. The molecule has 2 aromatic carbocycles. The lowest BCUT2D eigenvalue weighted by Gasteiger charge is -2.31. The minimum absolute atomic E-state index is 0.104. The second kappa shape index (κ2) is 11.2. The highest BCUT2D eigenvalue weighted by molar-refractivity contribution is 7.91. The van der Waals surface area contributed by atoms with Gasteiger partial charge in [0.2, 0.25) is 5.91 Å². The summed E-state index contributed by atoms with van der Waals surface area (Å²) in [5.41, 5.74) is 1.76. The Hall–Kier alpha value is -3.20. The second-order valence-corrected chi connectivity index (χ2v) is 11.5. The van der Waals surface area contributed by atoms with E-state index in [0.717, 1.165) is 19.3 Å². The molecule has 36 heavy (non-hydrogen) atoms. The molecule has 1 unspecified atom stereocenters. The van der Waals surface area contributed by atoms with Gasteiger partial charge in [0, 0.05) is 24.3 Å². The number of carbonyl (C=O) groups is 3. The number of piperidine rings is 1. The lowest BCUT2D eigenvalue weighted by molar-refractivity contribution is -0.149. The quantitative estimate of drug-likeness (QED) is 0.515. The van der Waals surface area contributed by atoms with Crippen LogP contribution in [0, 0.1) is 11.8 Å².